The Labute approximate surface area is 106 Å². The maximum absolute atomic E-state index is 5.75. The van der Waals surface area contributed by atoms with Crippen molar-refractivity contribution in [3.63, 3.8) is 0 Å². The molecule has 2 rings (SSSR count). The first-order valence-electron chi connectivity index (χ1n) is 6.08. The highest BCUT2D eigenvalue weighted by atomic mass is 15.4. The highest BCUT2D eigenvalue weighted by Crippen LogP contribution is 2.06. The van der Waals surface area contributed by atoms with Crippen molar-refractivity contribution >= 4 is 0 Å². The minimum atomic E-state index is -0.104. The van der Waals surface area contributed by atoms with Crippen molar-refractivity contribution in [1.82, 2.24) is 29.8 Å². The largest absolute Gasteiger partial charge is 0.323 e. The molecule has 2 heterocycles. The summed E-state index contributed by atoms with van der Waals surface area (Å²) < 4.78 is 3.64. The van der Waals surface area contributed by atoms with Gasteiger partial charge in [-0.25, -0.2) is 14.3 Å². The first-order chi connectivity index (χ1) is 8.56. The van der Waals surface area contributed by atoms with E-state index >= 15 is 0 Å². The van der Waals surface area contributed by atoms with Crippen LogP contribution in [-0.2, 0) is 13.1 Å². The van der Waals surface area contributed by atoms with Crippen molar-refractivity contribution in [2.45, 2.75) is 39.9 Å². The summed E-state index contributed by atoms with van der Waals surface area (Å²) in [5, 5.41) is 12.3. The van der Waals surface area contributed by atoms with Gasteiger partial charge in [0.15, 0.2) is 0 Å². The summed E-state index contributed by atoms with van der Waals surface area (Å²) >= 11 is 0. The number of aromatic nitrogens is 6. The third-order valence-electron chi connectivity index (χ3n) is 2.56. The molecule has 0 aliphatic carbocycles. The van der Waals surface area contributed by atoms with Crippen LogP contribution in [0.25, 0.3) is 0 Å². The average Bonchev–Trinajstić information content (AvgIpc) is 2.89. The molecule has 0 aromatic carbocycles. The van der Waals surface area contributed by atoms with Gasteiger partial charge < -0.3 is 5.73 Å². The first kappa shape index (κ1) is 12.7. The predicted molar refractivity (Wildman–Crippen MR) is 66.6 cm³/mol. The van der Waals surface area contributed by atoms with Gasteiger partial charge in [-0.05, 0) is 12.8 Å². The fourth-order valence-electron chi connectivity index (χ4n) is 1.65. The molecule has 7 heteroatoms. The van der Waals surface area contributed by atoms with E-state index in [0.29, 0.717) is 12.5 Å². The van der Waals surface area contributed by atoms with Crippen LogP contribution in [0.2, 0.25) is 0 Å². The highest BCUT2D eigenvalue weighted by molar-refractivity contribution is 4.99. The van der Waals surface area contributed by atoms with Crippen LogP contribution in [0, 0.1) is 5.92 Å². The van der Waals surface area contributed by atoms with E-state index in [1.165, 1.54) is 0 Å². The van der Waals surface area contributed by atoms with Crippen LogP contribution in [0.4, 0.5) is 0 Å². The Balaban J connectivity index is 2.10. The van der Waals surface area contributed by atoms with Gasteiger partial charge in [-0.15, -0.1) is 5.10 Å². The summed E-state index contributed by atoms with van der Waals surface area (Å²) in [6.07, 6.45) is 3.42. The molecule has 0 spiro atoms. The smallest absolute Gasteiger partial charge is 0.148 e. The highest BCUT2D eigenvalue weighted by Gasteiger charge is 2.10. The van der Waals surface area contributed by atoms with Gasteiger partial charge in [-0.3, -0.25) is 0 Å². The van der Waals surface area contributed by atoms with Crippen molar-refractivity contribution in [2.24, 2.45) is 11.7 Å². The monoisotopic (exact) mass is 249 g/mol. The minimum Gasteiger partial charge on any atom is -0.323 e. The van der Waals surface area contributed by atoms with Gasteiger partial charge in [0.25, 0.3) is 0 Å². The third-order valence-corrected chi connectivity index (χ3v) is 2.56. The number of hydrogen-bond acceptors (Lipinski definition) is 5. The number of hydrogen-bond donors (Lipinski definition) is 1. The molecule has 0 amide bonds. The summed E-state index contributed by atoms with van der Waals surface area (Å²) in [6, 6.07) is -0.104. The summed E-state index contributed by atoms with van der Waals surface area (Å²) in [5.41, 5.74) is 6.53. The van der Waals surface area contributed by atoms with Gasteiger partial charge in [0.1, 0.15) is 18.7 Å². The maximum Gasteiger partial charge on any atom is 0.148 e. The number of rotatable bonds is 5. The number of nitrogens with two attached hydrogens (primary N) is 1. The van der Waals surface area contributed by atoms with Crippen molar-refractivity contribution in [1.29, 1.82) is 0 Å². The standard InChI is InChI=1S/C11H19N7/c1-8(2)4-18-11(13-7-14-18)6-17-5-10(9(3)12)15-16-17/h5,7-9H,4,6,12H2,1-3H3. The molecule has 1 unspecified atom stereocenters. The number of nitrogens with zero attached hydrogens (tertiary/aromatic N) is 6. The molecule has 2 N–H and O–H groups in total. The molecule has 2 aromatic rings. The van der Waals surface area contributed by atoms with Crippen LogP contribution in [0.15, 0.2) is 12.5 Å². The molecular weight excluding hydrogens is 230 g/mol. The van der Waals surface area contributed by atoms with Crippen LogP contribution >= 0.6 is 0 Å². The molecule has 0 bridgehead atoms. The van der Waals surface area contributed by atoms with Gasteiger partial charge in [0, 0.05) is 12.6 Å². The summed E-state index contributed by atoms with van der Waals surface area (Å²) in [7, 11) is 0. The quantitative estimate of drug-likeness (QED) is 0.838. The summed E-state index contributed by atoms with van der Waals surface area (Å²) in [5.74, 6) is 1.41. The van der Waals surface area contributed by atoms with E-state index < -0.39 is 0 Å². The van der Waals surface area contributed by atoms with Crippen LogP contribution in [0.1, 0.15) is 38.3 Å². The van der Waals surface area contributed by atoms with E-state index in [-0.39, 0.29) is 6.04 Å². The fraction of sp³-hybridized carbons (Fsp3) is 0.636. The lowest BCUT2D eigenvalue weighted by atomic mass is 10.2. The Morgan fingerprint density at radius 1 is 1.33 bits per heavy atom. The van der Waals surface area contributed by atoms with Crippen LogP contribution < -0.4 is 5.73 Å². The second-order valence-corrected chi connectivity index (χ2v) is 4.88. The van der Waals surface area contributed by atoms with Crippen molar-refractivity contribution < 1.29 is 0 Å². The van der Waals surface area contributed by atoms with Crippen LogP contribution in [0.5, 0.6) is 0 Å². The molecule has 1 atom stereocenters. The lowest BCUT2D eigenvalue weighted by Crippen LogP contribution is -2.13. The average molecular weight is 249 g/mol. The summed E-state index contributed by atoms with van der Waals surface area (Å²) in [6.45, 7) is 7.59. The second-order valence-electron chi connectivity index (χ2n) is 4.88. The molecule has 0 aliphatic heterocycles. The first-order valence-corrected chi connectivity index (χ1v) is 6.08. The van der Waals surface area contributed by atoms with Gasteiger partial charge in [-0.2, -0.15) is 5.10 Å². The zero-order valence-electron chi connectivity index (χ0n) is 11.0. The van der Waals surface area contributed by atoms with Crippen molar-refractivity contribution in [2.75, 3.05) is 0 Å². The van der Waals surface area contributed by atoms with E-state index in [2.05, 4.69) is 34.2 Å². The van der Waals surface area contributed by atoms with E-state index in [4.69, 9.17) is 5.73 Å². The maximum atomic E-state index is 5.75. The molecule has 0 saturated carbocycles. The lowest BCUT2D eigenvalue weighted by molar-refractivity contribution is 0.455. The molecule has 0 aliphatic rings. The van der Waals surface area contributed by atoms with Gasteiger partial charge in [-0.1, -0.05) is 19.1 Å². The molecule has 98 valence electrons. The molecule has 7 nitrogen and oxygen atoms in total. The van der Waals surface area contributed by atoms with Crippen LogP contribution in [-0.4, -0.2) is 29.8 Å². The zero-order chi connectivity index (χ0) is 13.1. The second kappa shape index (κ2) is 5.26. The summed E-state index contributed by atoms with van der Waals surface area (Å²) in [4.78, 5) is 4.25. The van der Waals surface area contributed by atoms with Crippen molar-refractivity contribution in [3.05, 3.63) is 24.0 Å². The normalized spacial score (nSPS) is 13.2. The van der Waals surface area contributed by atoms with Crippen molar-refractivity contribution in [3.8, 4) is 0 Å². The van der Waals surface area contributed by atoms with Crippen LogP contribution in [0.3, 0.4) is 0 Å². The third kappa shape index (κ3) is 2.92. The molecule has 2 aromatic heterocycles. The van der Waals surface area contributed by atoms with E-state index in [9.17, 15) is 0 Å². The zero-order valence-corrected chi connectivity index (χ0v) is 11.0. The van der Waals surface area contributed by atoms with Gasteiger partial charge in [0.05, 0.1) is 11.9 Å². The van der Waals surface area contributed by atoms with Gasteiger partial charge in [0.2, 0.25) is 0 Å². The molecule has 0 fully saturated rings. The van der Waals surface area contributed by atoms with E-state index in [1.807, 2.05) is 17.8 Å². The topological polar surface area (TPSA) is 87.4 Å². The minimum absolute atomic E-state index is 0.104. The molecule has 0 saturated heterocycles. The Morgan fingerprint density at radius 3 is 2.72 bits per heavy atom. The Kier molecular flexibility index (Phi) is 3.71. The fourth-order valence-corrected chi connectivity index (χ4v) is 1.65. The Morgan fingerprint density at radius 2 is 2.11 bits per heavy atom. The van der Waals surface area contributed by atoms with Gasteiger partial charge >= 0.3 is 0 Å². The molecular formula is C11H19N7. The molecule has 18 heavy (non-hydrogen) atoms. The van der Waals surface area contributed by atoms with E-state index in [0.717, 1.165) is 18.1 Å². The molecule has 0 radical (unpaired) electrons. The Hall–Kier alpha value is -1.76. The SMILES string of the molecule is CC(C)Cn1ncnc1Cn1cc(C(C)N)nn1. The van der Waals surface area contributed by atoms with E-state index in [1.54, 1.807) is 11.0 Å². The lowest BCUT2D eigenvalue weighted by Gasteiger charge is -2.08. The Bertz CT molecular complexity index is 497. The predicted octanol–water partition coefficient (Wildman–Crippen LogP) is 0.594.